The highest BCUT2D eigenvalue weighted by molar-refractivity contribution is 5.91. The van der Waals surface area contributed by atoms with Crippen LogP contribution in [0.25, 0.3) is 11.0 Å². The van der Waals surface area contributed by atoms with Gasteiger partial charge in [0, 0.05) is 19.3 Å². The van der Waals surface area contributed by atoms with Crippen molar-refractivity contribution in [3.8, 4) is 0 Å². The topological polar surface area (TPSA) is 47.4 Å². The maximum absolute atomic E-state index is 12.5. The van der Waals surface area contributed by atoms with Crippen molar-refractivity contribution in [2.45, 2.75) is 53.1 Å². The second-order valence-electron chi connectivity index (χ2n) is 8.14. The van der Waals surface area contributed by atoms with E-state index in [0.717, 1.165) is 41.4 Å². The number of rotatable bonds is 2. The van der Waals surface area contributed by atoms with Gasteiger partial charge in [-0.1, -0.05) is 20.8 Å². The van der Waals surface area contributed by atoms with Crippen molar-refractivity contribution in [3.63, 3.8) is 0 Å². The summed E-state index contributed by atoms with van der Waals surface area (Å²) in [5.41, 5.74) is 2.26. The Bertz CT molecular complexity index is 765. The quantitative estimate of drug-likeness (QED) is 0.819. The van der Waals surface area contributed by atoms with Crippen LogP contribution < -0.4 is 4.90 Å². The lowest BCUT2D eigenvalue weighted by Crippen LogP contribution is -2.45. The number of carbonyl (C=O) groups excluding carboxylic acids is 1. The summed E-state index contributed by atoms with van der Waals surface area (Å²) >= 11 is 0. The van der Waals surface area contributed by atoms with Crippen LogP contribution in [-0.2, 0) is 4.74 Å². The summed E-state index contributed by atoms with van der Waals surface area (Å²) in [7, 11) is 0. The third-order valence-electron chi connectivity index (χ3n) is 4.26. The van der Waals surface area contributed by atoms with Crippen molar-refractivity contribution in [3.05, 3.63) is 23.9 Å². The highest BCUT2D eigenvalue weighted by atomic mass is 16.6. The van der Waals surface area contributed by atoms with Crippen LogP contribution in [0.2, 0.25) is 0 Å². The number of fused-ring (bicyclic) bond motifs is 1. The third kappa shape index (κ3) is 3.12. The van der Waals surface area contributed by atoms with Crippen LogP contribution in [0, 0.1) is 5.92 Å². The van der Waals surface area contributed by atoms with Crippen LogP contribution in [0.5, 0.6) is 0 Å². The average Bonchev–Trinajstić information content (AvgIpc) is 2.81. The number of anilines is 1. The molecule has 130 valence electrons. The fourth-order valence-corrected chi connectivity index (χ4v) is 3.06. The Balaban J connectivity index is 2.03. The normalized spacial score (nSPS) is 15.9. The van der Waals surface area contributed by atoms with Crippen LogP contribution in [-0.4, -0.2) is 34.3 Å². The van der Waals surface area contributed by atoms with Crippen molar-refractivity contribution in [2.75, 3.05) is 18.0 Å². The van der Waals surface area contributed by atoms with Gasteiger partial charge in [0.05, 0.1) is 11.0 Å². The number of pyridine rings is 1. The first kappa shape index (κ1) is 16.8. The molecular formula is C19H27N3O2. The predicted molar refractivity (Wildman–Crippen MR) is 96.8 cm³/mol. The van der Waals surface area contributed by atoms with E-state index < -0.39 is 5.60 Å². The number of aromatic nitrogens is 2. The van der Waals surface area contributed by atoms with Gasteiger partial charge in [-0.3, -0.25) is 4.57 Å². The molecule has 1 saturated heterocycles. The van der Waals surface area contributed by atoms with E-state index in [2.05, 4.69) is 25.7 Å². The fraction of sp³-hybridized carbons (Fsp3) is 0.579. The van der Waals surface area contributed by atoms with E-state index in [1.54, 1.807) is 4.57 Å². The number of nitrogens with zero attached hydrogens (tertiary/aromatic N) is 3. The summed E-state index contributed by atoms with van der Waals surface area (Å²) in [6, 6.07) is 3.98. The van der Waals surface area contributed by atoms with E-state index in [9.17, 15) is 4.79 Å². The van der Waals surface area contributed by atoms with Gasteiger partial charge in [0.1, 0.15) is 11.4 Å². The summed E-state index contributed by atoms with van der Waals surface area (Å²) in [5, 5.41) is 0. The Morgan fingerprint density at radius 1 is 1.29 bits per heavy atom. The number of carbonyl (C=O) groups is 1. The van der Waals surface area contributed by atoms with Gasteiger partial charge in [-0.25, -0.2) is 9.78 Å². The van der Waals surface area contributed by atoms with E-state index in [1.165, 1.54) is 0 Å². The highest BCUT2D eigenvalue weighted by Crippen LogP contribution is 2.30. The predicted octanol–water partition coefficient (Wildman–Crippen LogP) is 4.40. The van der Waals surface area contributed by atoms with Gasteiger partial charge >= 0.3 is 6.09 Å². The second kappa shape index (κ2) is 5.80. The molecule has 2 aromatic rings. The molecule has 3 rings (SSSR count). The molecule has 0 amide bonds. The van der Waals surface area contributed by atoms with Crippen molar-refractivity contribution >= 4 is 22.9 Å². The second-order valence-corrected chi connectivity index (χ2v) is 8.14. The van der Waals surface area contributed by atoms with Gasteiger partial charge < -0.3 is 9.64 Å². The zero-order valence-corrected chi connectivity index (χ0v) is 15.5. The maximum Gasteiger partial charge on any atom is 0.419 e. The Labute approximate surface area is 143 Å². The molecule has 2 aromatic heterocycles. The Hall–Kier alpha value is -2.04. The van der Waals surface area contributed by atoms with Gasteiger partial charge in [-0.2, -0.15) is 0 Å². The van der Waals surface area contributed by atoms with Gasteiger partial charge in [-0.05, 0) is 50.3 Å². The molecule has 0 bridgehead atoms. The molecule has 1 aliphatic heterocycles. The van der Waals surface area contributed by atoms with Crippen LogP contribution in [0.1, 0.15) is 53.0 Å². The zero-order chi connectivity index (χ0) is 17.6. The molecule has 5 nitrogen and oxygen atoms in total. The van der Waals surface area contributed by atoms with Gasteiger partial charge in [-0.15, -0.1) is 0 Å². The van der Waals surface area contributed by atoms with Crippen LogP contribution in [0.4, 0.5) is 10.6 Å². The summed E-state index contributed by atoms with van der Waals surface area (Å²) < 4.78 is 7.12. The fourth-order valence-electron chi connectivity index (χ4n) is 3.06. The molecule has 0 unspecified atom stereocenters. The van der Waals surface area contributed by atoms with E-state index in [4.69, 9.17) is 9.72 Å². The molecule has 3 heterocycles. The minimum absolute atomic E-state index is 0.286. The van der Waals surface area contributed by atoms with Crippen molar-refractivity contribution in [2.24, 2.45) is 5.92 Å². The Kier molecular flexibility index (Phi) is 4.06. The first-order valence-electron chi connectivity index (χ1n) is 8.66. The summed E-state index contributed by atoms with van der Waals surface area (Å²) in [4.78, 5) is 19.7. The first-order valence-corrected chi connectivity index (χ1v) is 8.66. The van der Waals surface area contributed by atoms with Gasteiger partial charge in [0.25, 0.3) is 0 Å². The number of hydrogen-bond donors (Lipinski definition) is 0. The van der Waals surface area contributed by atoms with E-state index in [0.29, 0.717) is 0 Å². The first-order chi connectivity index (χ1) is 11.2. The number of ether oxygens (including phenoxy) is 1. The van der Waals surface area contributed by atoms with Crippen LogP contribution >= 0.6 is 0 Å². The molecule has 0 N–H and O–H groups in total. The van der Waals surface area contributed by atoms with E-state index in [1.807, 2.05) is 39.1 Å². The Morgan fingerprint density at radius 3 is 2.50 bits per heavy atom. The van der Waals surface area contributed by atoms with Gasteiger partial charge in [0.15, 0.2) is 0 Å². The lowest BCUT2D eigenvalue weighted by molar-refractivity contribution is 0.0544. The van der Waals surface area contributed by atoms with Crippen molar-refractivity contribution in [1.29, 1.82) is 0 Å². The zero-order valence-electron chi connectivity index (χ0n) is 15.5. The molecule has 1 fully saturated rings. The molecule has 0 radical (unpaired) electrons. The number of hydrogen-bond acceptors (Lipinski definition) is 4. The minimum atomic E-state index is -0.521. The van der Waals surface area contributed by atoms with E-state index in [-0.39, 0.29) is 12.0 Å². The smallest absolute Gasteiger partial charge is 0.419 e. The largest absolute Gasteiger partial charge is 0.443 e. The van der Waals surface area contributed by atoms with Crippen molar-refractivity contribution in [1.82, 2.24) is 9.55 Å². The van der Waals surface area contributed by atoms with E-state index >= 15 is 0 Å². The molecule has 0 atom stereocenters. The van der Waals surface area contributed by atoms with Crippen LogP contribution in [0.3, 0.4) is 0 Å². The average molecular weight is 329 g/mol. The lowest BCUT2D eigenvalue weighted by atomic mass is 10.0. The van der Waals surface area contributed by atoms with Crippen LogP contribution in [0.15, 0.2) is 18.3 Å². The summed E-state index contributed by atoms with van der Waals surface area (Å²) in [6.45, 7) is 14.2. The lowest BCUT2D eigenvalue weighted by Gasteiger charge is -2.38. The molecule has 0 aliphatic carbocycles. The highest BCUT2D eigenvalue weighted by Gasteiger charge is 2.26. The monoisotopic (exact) mass is 329 g/mol. The molecule has 0 spiro atoms. The third-order valence-corrected chi connectivity index (χ3v) is 4.26. The summed E-state index contributed by atoms with van der Waals surface area (Å²) in [5.74, 6) is 2.00. The molecular weight excluding hydrogens is 302 g/mol. The standard InChI is InChI=1S/C19H27N3O2/c1-12(2)14-11-22(18(23)24-19(4,5)6)15-7-8-16(20-17(14)15)21-9-13(3)10-21/h7-8,11-13H,9-10H2,1-6H3. The summed E-state index contributed by atoms with van der Waals surface area (Å²) in [6.07, 6.45) is 1.52. The SMILES string of the molecule is CC1CN(c2ccc3c(n2)c(C(C)C)cn3C(=O)OC(C)(C)C)C1. The minimum Gasteiger partial charge on any atom is -0.443 e. The Morgan fingerprint density at radius 2 is 1.96 bits per heavy atom. The van der Waals surface area contributed by atoms with Crippen molar-refractivity contribution < 1.29 is 9.53 Å². The molecule has 0 aromatic carbocycles. The molecule has 0 saturated carbocycles. The van der Waals surface area contributed by atoms with Gasteiger partial charge in [0.2, 0.25) is 0 Å². The molecule has 1 aliphatic rings. The molecule has 5 heteroatoms. The molecule has 24 heavy (non-hydrogen) atoms. The maximum atomic E-state index is 12.5.